The lowest BCUT2D eigenvalue weighted by atomic mass is 9.49. The smallest absolute Gasteiger partial charge is 0.253 e. The molecule has 18 heteroatoms. The number of aliphatic hydroxyl groups is 1. The van der Waals surface area contributed by atoms with E-state index < -0.39 is 23.6 Å². The molecule has 1 aliphatic carbocycles. The van der Waals surface area contributed by atoms with Gasteiger partial charge in [-0.05, 0) is 73.4 Å². The van der Waals surface area contributed by atoms with E-state index in [-0.39, 0.29) is 72.2 Å². The third-order valence-corrected chi connectivity index (χ3v) is 17.1. The number of rotatable bonds is 15. The summed E-state index contributed by atoms with van der Waals surface area (Å²) in [6.45, 7) is 23.9. The topological polar surface area (TPSA) is 196 Å². The summed E-state index contributed by atoms with van der Waals surface area (Å²) in [6, 6.07) is 16.7. The van der Waals surface area contributed by atoms with Gasteiger partial charge < -0.3 is 40.5 Å². The normalized spacial score (nSPS) is 23.0. The van der Waals surface area contributed by atoms with Crippen LogP contribution in [0.5, 0.6) is 5.75 Å². The van der Waals surface area contributed by atoms with Gasteiger partial charge in [0.1, 0.15) is 35.8 Å². The molecule has 4 atom stereocenters. The van der Waals surface area contributed by atoms with Crippen LogP contribution in [0.25, 0.3) is 10.4 Å². The minimum Gasteiger partial charge on any atom is -0.489 e. The van der Waals surface area contributed by atoms with Gasteiger partial charge in [-0.15, -0.1) is 11.3 Å². The Hall–Kier alpha value is -5.64. The predicted octanol–water partition coefficient (Wildman–Crippen LogP) is 6.85. The van der Waals surface area contributed by atoms with Crippen LogP contribution < -0.4 is 25.6 Å². The second-order valence-electron chi connectivity index (χ2n) is 23.1. The van der Waals surface area contributed by atoms with Gasteiger partial charge in [0.05, 0.1) is 50.9 Å². The molecule has 16 nitrogen and oxygen atoms in total. The van der Waals surface area contributed by atoms with E-state index in [9.17, 15) is 29.5 Å². The first-order chi connectivity index (χ1) is 35.0. The van der Waals surface area contributed by atoms with Gasteiger partial charge in [-0.1, -0.05) is 84.3 Å². The zero-order valence-electron chi connectivity index (χ0n) is 44.3. The SMILES string of the molecule is Cc1ncsc1-c1ccc([C@H](C)NC(=O)C2C[C@@H](O)CN2C(=O)[C@@H](NC(=O)CN2CCN(CC3CCN(c4ccc(C(=O)N[C@H]5C(C)(C)[C@H](Oc6ccc(C#N)c(Cl)c6)C5(C)C)cn4)CC3)CC2)C(C)(C)C)cc1. The summed E-state index contributed by atoms with van der Waals surface area (Å²) < 4.78 is 6.39. The van der Waals surface area contributed by atoms with Gasteiger partial charge in [0.25, 0.3) is 5.91 Å². The molecular formula is C56H73ClN10O6S. The van der Waals surface area contributed by atoms with Crippen molar-refractivity contribution in [1.29, 1.82) is 5.26 Å². The Morgan fingerprint density at radius 3 is 2.20 bits per heavy atom. The molecule has 4 fully saturated rings. The Kier molecular flexibility index (Phi) is 16.5. The average molecular weight is 1050 g/mol. The van der Waals surface area contributed by atoms with Crippen LogP contribution >= 0.6 is 22.9 Å². The number of amides is 4. The van der Waals surface area contributed by atoms with Crippen LogP contribution in [0.2, 0.25) is 5.02 Å². The highest BCUT2D eigenvalue weighted by Crippen LogP contribution is 2.55. The molecule has 4 N–H and O–H groups in total. The van der Waals surface area contributed by atoms with E-state index in [4.69, 9.17) is 21.3 Å². The monoisotopic (exact) mass is 1050 g/mol. The van der Waals surface area contributed by atoms with Crippen molar-refractivity contribution in [3.05, 3.63) is 93.7 Å². The van der Waals surface area contributed by atoms with Crippen molar-refractivity contribution < 1.29 is 29.0 Å². The second-order valence-corrected chi connectivity index (χ2v) is 24.4. The van der Waals surface area contributed by atoms with E-state index in [0.29, 0.717) is 27.8 Å². The summed E-state index contributed by atoms with van der Waals surface area (Å²) in [7, 11) is 0. The molecule has 1 saturated carbocycles. The molecule has 3 aliphatic heterocycles. The number of halogens is 1. The van der Waals surface area contributed by atoms with Crippen molar-refractivity contribution in [3.63, 3.8) is 0 Å². The van der Waals surface area contributed by atoms with Gasteiger partial charge in [0.15, 0.2) is 0 Å². The summed E-state index contributed by atoms with van der Waals surface area (Å²) in [5, 5.41) is 29.7. The van der Waals surface area contributed by atoms with Gasteiger partial charge >= 0.3 is 0 Å². The van der Waals surface area contributed by atoms with Gasteiger partial charge in [0, 0.05) is 87.9 Å². The van der Waals surface area contributed by atoms with Crippen molar-refractivity contribution in [2.24, 2.45) is 22.2 Å². The number of β-amino-alcohol motifs (C(OH)–C–C–N with tert-alkyl or cyclic N) is 1. The standard InChI is InChI=1S/C56H73ClN10O6S/c1-34(37-10-12-38(13-11-37)47-35(2)60-33-74-47)61-50(71)44-26-41(68)31-67(44)51(72)48(54(3,4)5)62-46(69)32-65-24-22-64(23-25-65)30-36-18-20-66(21-19-36)45-17-15-40(29-59-45)49(70)63-52-55(6,7)53(56(52,8)9)73-42-16-14-39(28-58)43(57)27-42/h10-17,27,29,33-34,36,41,44,48,52-53,68H,18-26,30-32H2,1-9H3,(H,61,71)(H,62,69)(H,63,70)/t34-,41+,44?,48+,52-,53-/m0/s1. The molecule has 3 saturated heterocycles. The maximum atomic E-state index is 14.3. The number of carbonyl (C=O) groups excluding carboxylic acids is 4. The first-order valence-corrected chi connectivity index (χ1v) is 27.2. The highest BCUT2D eigenvalue weighted by atomic mass is 35.5. The van der Waals surface area contributed by atoms with Crippen LogP contribution in [-0.2, 0) is 14.4 Å². The summed E-state index contributed by atoms with van der Waals surface area (Å²) in [5.41, 5.74) is 4.25. The highest BCUT2D eigenvalue weighted by Gasteiger charge is 2.64. The number of aryl methyl sites for hydroxylation is 1. The molecule has 8 rings (SSSR count). The number of nitrogens with one attached hydrogen (secondary N) is 3. The third-order valence-electron chi connectivity index (χ3n) is 15.8. The number of anilines is 1. The third kappa shape index (κ3) is 12.1. The first-order valence-electron chi connectivity index (χ1n) is 25.9. The van der Waals surface area contributed by atoms with Gasteiger partial charge in [-0.25, -0.2) is 9.97 Å². The van der Waals surface area contributed by atoms with Crippen molar-refractivity contribution in [2.75, 3.05) is 63.8 Å². The maximum Gasteiger partial charge on any atom is 0.253 e. The zero-order valence-corrected chi connectivity index (χ0v) is 45.9. The molecule has 396 valence electrons. The number of hydrogen-bond acceptors (Lipinski definition) is 13. The molecule has 4 amide bonds. The second kappa shape index (κ2) is 22.3. The van der Waals surface area contributed by atoms with E-state index in [1.54, 1.807) is 35.7 Å². The number of piperazine rings is 1. The number of nitrogens with zero attached hydrogens (tertiary/aromatic N) is 7. The van der Waals surface area contributed by atoms with E-state index in [0.717, 1.165) is 86.2 Å². The van der Waals surface area contributed by atoms with E-state index in [1.807, 2.05) is 76.5 Å². The minimum absolute atomic E-state index is 0.0139. The number of nitriles is 1. The molecule has 1 unspecified atom stereocenters. The number of aliphatic hydroxyl groups excluding tert-OH is 1. The number of benzene rings is 2. The van der Waals surface area contributed by atoms with Crippen molar-refractivity contribution in [2.45, 2.75) is 118 Å². The lowest BCUT2D eigenvalue weighted by Crippen LogP contribution is -2.74. The maximum absolute atomic E-state index is 14.3. The number of thiazole rings is 1. The summed E-state index contributed by atoms with van der Waals surface area (Å²) in [4.78, 5) is 73.8. The van der Waals surface area contributed by atoms with Crippen LogP contribution in [0.4, 0.5) is 5.82 Å². The average Bonchev–Trinajstić information content (AvgIpc) is 3.99. The van der Waals surface area contributed by atoms with E-state index >= 15 is 0 Å². The number of hydrogen-bond donors (Lipinski definition) is 4. The fourth-order valence-electron chi connectivity index (χ4n) is 11.8. The fourth-order valence-corrected chi connectivity index (χ4v) is 12.8. The number of aromatic nitrogens is 2. The number of pyridine rings is 1. The number of piperidine rings is 1. The Balaban J connectivity index is 0.758. The van der Waals surface area contributed by atoms with Gasteiger partial charge in [-0.3, -0.25) is 24.1 Å². The molecule has 5 heterocycles. The molecule has 4 aliphatic rings. The molecule has 0 spiro atoms. The van der Waals surface area contributed by atoms with E-state index in [2.05, 4.69) is 69.4 Å². The van der Waals surface area contributed by atoms with Gasteiger partial charge in [-0.2, -0.15) is 5.26 Å². The first kappa shape index (κ1) is 54.6. The largest absolute Gasteiger partial charge is 0.489 e. The highest BCUT2D eigenvalue weighted by molar-refractivity contribution is 7.13. The lowest BCUT2D eigenvalue weighted by Gasteiger charge is -2.63. The molecule has 0 radical (unpaired) electrons. The van der Waals surface area contributed by atoms with Crippen LogP contribution in [0.3, 0.4) is 0 Å². The summed E-state index contributed by atoms with van der Waals surface area (Å²) >= 11 is 7.85. The molecule has 2 aromatic carbocycles. The Labute approximate surface area is 445 Å². The number of likely N-dealkylation sites (tertiary alicyclic amines) is 1. The number of carbonyl (C=O) groups is 4. The van der Waals surface area contributed by atoms with Crippen LogP contribution in [0.15, 0.2) is 66.3 Å². The lowest BCUT2D eigenvalue weighted by molar-refractivity contribution is -0.164. The van der Waals surface area contributed by atoms with Gasteiger partial charge in [0.2, 0.25) is 17.7 Å². The molecule has 4 aromatic rings. The fraction of sp³-hybridized carbons (Fsp3) is 0.554. The van der Waals surface area contributed by atoms with Crippen LogP contribution in [0.1, 0.15) is 108 Å². The van der Waals surface area contributed by atoms with Crippen molar-refractivity contribution in [3.8, 4) is 22.3 Å². The quantitative estimate of drug-likeness (QED) is 0.0968. The van der Waals surface area contributed by atoms with Crippen LogP contribution in [-0.4, -0.2) is 143 Å². The predicted molar refractivity (Wildman–Crippen MR) is 288 cm³/mol. The van der Waals surface area contributed by atoms with E-state index in [1.165, 1.54) is 4.90 Å². The Bertz CT molecular complexity index is 2690. The Morgan fingerprint density at radius 1 is 0.932 bits per heavy atom. The summed E-state index contributed by atoms with van der Waals surface area (Å²) in [5.74, 6) is 0.833. The Morgan fingerprint density at radius 2 is 1.61 bits per heavy atom. The molecule has 74 heavy (non-hydrogen) atoms. The molecular weight excluding hydrogens is 976 g/mol. The van der Waals surface area contributed by atoms with Crippen LogP contribution in [0, 0.1) is 40.4 Å². The number of ether oxygens (including phenoxy) is 1. The summed E-state index contributed by atoms with van der Waals surface area (Å²) in [6.07, 6.45) is 2.77. The van der Waals surface area contributed by atoms with Crippen molar-refractivity contribution in [1.82, 2.24) is 40.6 Å². The molecule has 2 aromatic heterocycles. The zero-order chi connectivity index (χ0) is 53.3. The minimum atomic E-state index is -0.896. The van der Waals surface area contributed by atoms with Crippen molar-refractivity contribution >= 4 is 52.4 Å². The molecule has 0 bridgehead atoms.